The maximum atomic E-state index is 12.9. The molecule has 0 saturated heterocycles. The average Bonchev–Trinajstić information content (AvgIpc) is 2.78. The van der Waals surface area contributed by atoms with E-state index in [2.05, 4.69) is 20.5 Å². The number of nitrogens with one attached hydrogen (secondary N) is 2. The number of H-pyrrole nitrogens is 1. The first-order valence-corrected chi connectivity index (χ1v) is 5.00. The SMILES string of the molecule is Cc1nc(C(=O)Nc2ccc(F)cc2C#N)n[nH]1. The summed E-state index contributed by atoms with van der Waals surface area (Å²) in [5.74, 6) is -0.652. The zero-order valence-corrected chi connectivity index (χ0v) is 9.36. The number of carbonyl (C=O) groups is 1. The predicted molar refractivity (Wildman–Crippen MR) is 60.2 cm³/mol. The van der Waals surface area contributed by atoms with Crippen molar-refractivity contribution in [2.24, 2.45) is 0 Å². The monoisotopic (exact) mass is 245 g/mol. The molecule has 0 unspecified atom stereocenters. The van der Waals surface area contributed by atoms with Crippen LogP contribution in [0.15, 0.2) is 18.2 Å². The van der Waals surface area contributed by atoms with Crippen molar-refractivity contribution in [3.8, 4) is 6.07 Å². The van der Waals surface area contributed by atoms with Crippen molar-refractivity contribution in [1.82, 2.24) is 15.2 Å². The third-order valence-electron chi connectivity index (χ3n) is 2.15. The van der Waals surface area contributed by atoms with Crippen LogP contribution in [-0.4, -0.2) is 21.1 Å². The highest BCUT2D eigenvalue weighted by Crippen LogP contribution is 2.16. The van der Waals surface area contributed by atoms with Crippen LogP contribution in [-0.2, 0) is 0 Å². The maximum absolute atomic E-state index is 12.9. The van der Waals surface area contributed by atoms with Crippen LogP contribution in [0.5, 0.6) is 0 Å². The molecule has 0 aliphatic rings. The number of nitriles is 1. The number of halogens is 1. The van der Waals surface area contributed by atoms with Crippen LogP contribution in [0.25, 0.3) is 0 Å². The van der Waals surface area contributed by atoms with E-state index >= 15 is 0 Å². The quantitative estimate of drug-likeness (QED) is 0.835. The van der Waals surface area contributed by atoms with Gasteiger partial charge in [-0.1, -0.05) is 0 Å². The molecule has 1 aromatic heterocycles. The van der Waals surface area contributed by atoms with Crippen LogP contribution >= 0.6 is 0 Å². The highest BCUT2D eigenvalue weighted by atomic mass is 19.1. The molecule has 0 aliphatic heterocycles. The van der Waals surface area contributed by atoms with E-state index in [-0.39, 0.29) is 17.1 Å². The molecule has 2 N–H and O–H groups in total. The van der Waals surface area contributed by atoms with E-state index in [4.69, 9.17) is 5.26 Å². The molecule has 0 radical (unpaired) electrons. The van der Waals surface area contributed by atoms with Crippen molar-refractivity contribution in [3.63, 3.8) is 0 Å². The predicted octanol–water partition coefficient (Wildman–Crippen LogP) is 1.38. The Balaban J connectivity index is 2.25. The van der Waals surface area contributed by atoms with Gasteiger partial charge in [0.1, 0.15) is 17.7 Å². The molecule has 90 valence electrons. The van der Waals surface area contributed by atoms with Gasteiger partial charge >= 0.3 is 0 Å². The van der Waals surface area contributed by atoms with Crippen LogP contribution in [0.2, 0.25) is 0 Å². The minimum Gasteiger partial charge on any atom is -0.318 e. The Bertz CT molecular complexity index is 643. The summed E-state index contributed by atoms with van der Waals surface area (Å²) in [7, 11) is 0. The minimum atomic E-state index is -0.567. The molecule has 1 amide bonds. The molecule has 2 rings (SSSR count). The molecule has 18 heavy (non-hydrogen) atoms. The maximum Gasteiger partial charge on any atom is 0.295 e. The summed E-state index contributed by atoms with van der Waals surface area (Å²) in [4.78, 5) is 15.6. The Labute approximate surface area is 101 Å². The first kappa shape index (κ1) is 11.7. The Morgan fingerprint density at radius 3 is 2.94 bits per heavy atom. The number of aromatic amines is 1. The number of nitrogens with zero attached hydrogens (tertiary/aromatic N) is 3. The van der Waals surface area contributed by atoms with Gasteiger partial charge < -0.3 is 5.32 Å². The molecular formula is C11H8FN5O. The lowest BCUT2D eigenvalue weighted by atomic mass is 10.2. The van der Waals surface area contributed by atoms with Crippen molar-refractivity contribution in [2.75, 3.05) is 5.32 Å². The number of hydrogen-bond donors (Lipinski definition) is 2. The van der Waals surface area contributed by atoms with E-state index in [0.717, 1.165) is 12.1 Å². The van der Waals surface area contributed by atoms with E-state index in [1.807, 2.05) is 0 Å². The number of anilines is 1. The van der Waals surface area contributed by atoms with E-state index in [1.165, 1.54) is 6.07 Å². The number of hydrogen-bond acceptors (Lipinski definition) is 4. The second-order valence-electron chi connectivity index (χ2n) is 3.50. The lowest BCUT2D eigenvalue weighted by Gasteiger charge is -2.04. The number of amides is 1. The smallest absolute Gasteiger partial charge is 0.295 e. The van der Waals surface area contributed by atoms with Crippen LogP contribution in [0.1, 0.15) is 22.0 Å². The number of rotatable bonds is 2. The van der Waals surface area contributed by atoms with Crippen molar-refractivity contribution in [1.29, 1.82) is 5.26 Å². The molecule has 0 fully saturated rings. The van der Waals surface area contributed by atoms with Crippen LogP contribution in [0, 0.1) is 24.1 Å². The average molecular weight is 245 g/mol. The first-order valence-electron chi connectivity index (χ1n) is 5.00. The van der Waals surface area contributed by atoms with Gasteiger partial charge in [0, 0.05) is 0 Å². The summed E-state index contributed by atoms with van der Waals surface area (Å²) >= 11 is 0. The molecule has 6 nitrogen and oxygen atoms in total. The summed E-state index contributed by atoms with van der Waals surface area (Å²) in [6.07, 6.45) is 0. The van der Waals surface area contributed by atoms with E-state index in [9.17, 15) is 9.18 Å². The zero-order valence-electron chi connectivity index (χ0n) is 9.36. The number of benzene rings is 1. The number of aromatic nitrogens is 3. The minimum absolute atomic E-state index is 0.0376. The van der Waals surface area contributed by atoms with Gasteiger partial charge in [-0.3, -0.25) is 9.89 Å². The second-order valence-corrected chi connectivity index (χ2v) is 3.50. The third-order valence-corrected chi connectivity index (χ3v) is 2.15. The molecule has 0 saturated carbocycles. The Morgan fingerprint density at radius 2 is 2.33 bits per heavy atom. The van der Waals surface area contributed by atoms with Crippen LogP contribution in [0.4, 0.5) is 10.1 Å². The molecule has 0 aliphatic carbocycles. The summed E-state index contributed by atoms with van der Waals surface area (Å²) in [5, 5.41) is 17.5. The highest BCUT2D eigenvalue weighted by Gasteiger charge is 2.13. The lowest BCUT2D eigenvalue weighted by molar-refractivity contribution is 0.101. The molecule has 1 aromatic carbocycles. The van der Waals surface area contributed by atoms with Crippen LogP contribution < -0.4 is 5.32 Å². The summed E-state index contributed by atoms with van der Waals surface area (Å²) in [6, 6.07) is 5.30. The fourth-order valence-electron chi connectivity index (χ4n) is 1.34. The van der Waals surface area contributed by atoms with E-state index in [0.29, 0.717) is 5.82 Å². The molecule has 0 spiro atoms. The highest BCUT2D eigenvalue weighted by molar-refractivity contribution is 6.02. The molecule has 0 atom stereocenters. The molecule has 0 bridgehead atoms. The van der Waals surface area contributed by atoms with Gasteiger partial charge in [0.2, 0.25) is 5.82 Å². The summed E-state index contributed by atoms with van der Waals surface area (Å²) in [5.41, 5.74) is 0.252. The third kappa shape index (κ3) is 2.32. The van der Waals surface area contributed by atoms with Crippen molar-refractivity contribution in [3.05, 3.63) is 41.2 Å². The molecule has 1 heterocycles. The zero-order chi connectivity index (χ0) is 13.1. The van der Waals surface area contributed by atoms with Crippen molar-refractivity contribution < 1.29 is 9.18 Å². The van der Waals surface area contributed by atoms with Gasteiger partial charge in [-0.05, 0) is 25.1 Å². The fraction of sp³-hybridized carbons (Fsp3) is 0.0909. The second kappa shape index (κ2) is 4.63. The van der Waals surface area contributed by atoms with Gasteiger partial charge in [0.25, 0.3) is 5.91 Å². The number of carbonyl (C=O) groups excluding carboxylic acids is 1. The van der Waals surface area contributed by atoms with Crippen molar-refractivity contribution in [2.45, 2.75) is 6.92 Å². The molecule has 2 aromatic rings. The molecular weight excluding hydrogens is 237 g/mol. The van der Waals surface area contributed by atoms with Crippen LogP contribution in [0.3, 0.4) is 0 Å². The largest absolute Gasteiger partial charge is 0.318 e. The topological polar surface area (TPSA) is 94.5 Å². The first-order chi connectivity index (χ1) is 8.60. The Kier molecular flexibility index (Phi) is 3.02. The van der Waals surface area contributed by atoms with Gasteiger partial charge in [0.15, 0.2) is 0 Å². The summed E-state index contributed by atoms with van der Waals surface area (Å²) in [6.45, 7) is 1.66. The Morgan fingerprint density at radius 1 is 1.56 bits per heavy atom. The Hall–Kier alpha value is -2.75. The van der Waals surface area contributed by atoms with Gasteiger partial charge in [-0.25, -0.2) is 9.37 Å². The van der Waals surface area contributed by atoms with E-state index in [1.54, 1.807) is 13.0 Å². The fourth-order valence-corrected chi connectivity index (χ4v) is 1.34. The molecule has 7 heteroatoms. The van der Waals surface area contributed by atoms with E-state index < -0.39 is 11.7 Å². The standard InChI is InChI=1S/C11H8FN5O/c1-6-14-10(17-16-6)11(18)15-9-3-2-8(12)4-7(9)5-13/h2-4H,1H3,(H,15,18)(H,14,16,17). The van der Waals surface area contributed by atoms with Gasteiger partial charge in [-0.15, -0.1) is 5.10 Å². The number of aryl methyl sites for hydroxylation is 1. The van der Waals surface area contributed by atoms with Gasteiger partial charge in [-0.2, -0.15) is 5.26 Å². The van der Waals surface area contributed by atoms with Gasteiger partial charge in [0.05, 0.1) is 11.3 Å². The normalized spacial score (nSPS) is 9.83. The lowest BCUT2D eigenvalue weighted by Crippen LogP contribution is -2.14. The summed E-state index contributed by atoms with van der Waals surface area (Å²) < 4.78 is 12.9. The van der Waals surface area contributed by atoms with Crippen molar-refractivity contribution >= 4 is 11.6 Å².